The van der Waals surface area contributed by atoms with Crippen molar-refractivity contribution >= 4 is 17.4 Å². The van der Waals surface area contributed by atoms with Gasteiger partial charge in [-0.25, -0.2) is 0 Å². The van der Waals surface area contributed by atoms with Crippen molar-refractivity contribution in [3.05, 3.63) is 0 Å². The lowest BCUT2D eigenvalue weighted by Crippen LogP contribution is -2.61. The molecule has 2 fully saturated rings. The van der Waals surface area contributed by atoms with Gasteiger partial charge in [0, 0.05) is 0 Å². The third kappa shape index (κ3) is 0.523. The molecule has 0 aromatic rings. The number of halogens is 1. The van der Waals surface area contributed by atoms with Gasteiger partial charge in [-0.3, -0.25) is 4.79 Å². The first-order valence-electron chi connectivity index (χ1n) is 3.56. The van der Waals surface area contributed by atoms with Gasteiger partial charge in [0.15, 0.2) is 5.78 Å². The maximum atomic E-state index is 11.0. The molecule has 0 saturated heterocycles. The number of aliphatic hydroxyl groups is 1. The van der Waals surface area contributed by atoms with Gasteiger partial charge in [0.25, 0.3) is 0 Å². The van der Waals surface area contributed by atoms with E-state index in [2.05, 4.69) is 0 Å². The van der Waals surface area contributed by atoms with Crippen molar-refractivity contribution in [3.63, 3.8) is 0 Å². The predicted octanol–water partition coefficient (Wildman–Crippen LogP) is 0.708. The molecule has 3 atom stereocenters. The van der Waals surface area contributed by atoms with Gasteiger partial charge in [-0.05, 0) is 19.3 Å². The number of carbonyl (C=O) groups is 1. The van der Waals surface area contributed by atoms with E-state index in [0.717, 1.165) is 12.8 Å². The van der Waals surface area contributed by atoms with Gasteiger partial charge in [-0.15, -0.1) is 11.6 Å². The molecule has 0 amide bonds. The van der Waals surface area contributed by atoms with Gasteiger partial charge in [0.1, 0.15) is 5.38 Å². The van der Waals surface area contributed by atoms with Crippen LogP contribution in [0, 0.1) is 5.92 Å². The molecule has 0 radical (unpaired) electrons. The monoisotopic (exact) mass is 160 g/mol. The van der Waals surface area contributed by atoms with Crippen LogP contribution in [-0.2, 0) is 4.79 Å². The Kier molecular flexibility index (Phi) is 1.15. The minimum atomic E-state index is -0.821. The van der Waals surface area contributed by atoms with Gasteiger partial charge in [0.2, 0.25) is 0 Å². The Labute approximate surface area is 64.2 Å². The average Bonchev–Trinajstić information content (AvgIpc) is 2.28. The van der Waals surface area contributed by atoms with E-state index < -0.39 is 11.0 Å². The molecule has 0 aromatic heterocycles. The fourth-order valence-electron chi connectivity index (χ4n) is 2.03. The molecule has 10 heavy (non-hydrogen) atoms. The number of fused-ring (bicyclic) bond motifs is 1. The summed E-state index contributed by atoms with van der Waals surface area (Å²) in [5, 5.41) is 9.02. The summed E-state index contributed by atoms with van der Waals surface area (Å²) in [5.74, 6) is -0.0864. The van der Waals surface area contributed by atoms with E-state index in [-0.39, 0.29) is 11.7 Å². The highest BCUT2D eigenvalue weighted by atomic mass is 35.5. The molecular weight excluding hydrogens is 152 g/mol. The van der Waals surface area contributed by atoms with Crippen molar-refractivity contribution < 1.29 is 9.90 Å². The van der Waals surface area contributed by atoms with Crippen molar-refractivity contribution in [2.45, 2.75) is 30.2 Å². The van der Waals surface area contributed by atoms with Crippen molar-refractivity contribution in [1.29, 1.82) is 0 Å². The molecule has 3 unspecified atom stereocenters. The molecule has 2 rings (SSSR count). The SMILES string of the molecule is O=C1C(Cl)C2(O)CCCC12. The Bertz CT molecular complexity index is 192. The van der Waals surface area contributed by atoms with E-state index >= 15 is 0 Å². The molecule has 2 nitrogen and oxygen atoms in total. The topological polar surface area (TPSA) is 37.3 Å². The summed E-state index contributed by atoms with van der Waals surface area (Å²) in [4.78, 5) is 11.0. The van der Waals surface area contributed by atoms with Gasteiger partial charge in [-0.2, -0.15) is 0 Å². The molecule has 0 aliphatic heterocycles. The Morgan fingerprint density at radius 2 is 2.40 bits per heavy atom. The fourth-order valence-corrected chi connectivity index (χ4v) is 2.45. The highest BCUT2D eigenvalue weighted by Crippen LogP contribution is 2.50. The number of Topliss-reactive ketones (excluding diaryl/α,β-unsaturated/α-hetero) is 1. The van der Waals surface area contributed by atoms with Crippen LogP contribution in [0.3, 0.4) is 0 Å². The second kappa shape index (κ2) is 1.74. The molecule has 56 valence electrons. The summed E-state index contributed by atoms with van der Waals surface area (Å²) >= 11 is 5.64. The first kappa shape index (κ1) is 6.62. The normalized spacial score (nSPS) is 52.4. The highest BCUT2D eigenvalue weighted by Gasteiger charge is 2.62. The summed E-state index contributed by atoms with van der Waals surface area (Å²) in [6.45, 7) is 0. The van der Waals surface area contributed by atoms with E-state index in [1.54, 1.807) is 0 Å². The Morgan fingerprint density at radius 1 is 1.70 bits per heavy atom. The molecule has 3 heteroatoms. The standard InChI is InChI=1S/C7H9ClO2/c8-6-5(9)4-2-1-3-7(4,6)10/h4,6,10H,1-3H2. The number of alkyl halides is 1. The lowest BCUT2D eigenvalue weighted by molar-refractivity contribution is -0.150. The van der Waals surface area contributed by atoms with E-state index in [4.69, 9.17) is 11.6 Å². The molecule has 0 spiro atoms. The van der Waals surface area contributed by atoms with Crippen molar-refractivity contribution in [2.75, 3.05) is 0 Å². The van der Waals surface area contributed by atoms with Crippen LogP contribution in [0.25, 0.3) is 0 Å². The zero-order chi connectivity index (χ0) is 7.35. The van der Waals surface area contributed by atoms with Crippen molar-refractivity contribution in [3.8, 4) is 0 Å². The Morgan fingerprint density at radius 3 is 3.00 bits per heavy atom. The Hall–Kier alpha value is -0.0800. The van der Waals surface area contributed by atoms with Crippen molar-refractivity contribution in [2.24, 2.45) is 5.92 Å². The zero-order valence-electron chi connectivity index (χ0n) is 5.51. The summed E-state index contributed by atoms with van der Waals surface area (Å²) in [6, 6.07) is 0. The van der Waals surface area contributed by atoms with Crippen LogP contribution in [0.5, 0.6) is 0 Å². The van der Waals surface area contributed by atoms with Gasteiger partial charge >= 0.3 is 0 Å². The van der Waals surface area contributed by atoms with Crippen LogP contribution in [-0.4, -0.2) is 21.9 Å². The first-order chi connectivity index (χ1) is 4.66. The molecule has 1 N–H and O–H groups in total. The minimum absolute atomic E-state index is 0.0432. The van der Waals surface area contributed by atoms with E-state index in [9.17, 15) is 9.90 Å². The average molecular weight is 161 g/mol. The predicted molar refractivity (Wildman–Crippen MR) is 36.9 cm³/mol. The van der Waals surface area contributed by atoms with Crippen LogP contribution in [0.4, 0.5) is 0 Å². The molecule has 2 aliphatic rings. The number of ketones is 1. The molecule has 2 aliphatic carbocycles. The molecule has 0 aromatic carbocycles. The van der Waals surface area contributed by atoms with Gasteiger partial charge in [-0.1, -0.05) is 0 Å². The van der Waals surface area contributed by atoms with Crippen molar-refractivity contribution in [1.82, 2.24) is 0 Å². The largest absolute Gasteiger partial charge is 0.387 e. The molecule has 0 heterocycles. The summed E-state index contributed by atoms with van der Waals surface area (Å²) in [7, 11) is 0. The summed E-state index contributed by atoms with van der Waals surface area (Å²) in [6.07, 6.45) is 2.48. The minimum Gasteiger partial charge on any atom is -0.387 e. The van der Waals surface area contributed by atoms with Crippen LogP contribution >= 0.6 is 11.6 Å². The smallest absolute Gasteiger partial charge is 0.159 e. The van der Waals surface area contributed by atoms with Gasteiger partial charge in [0.05, 0.1) is 11.5 Å². The van der Waals surface area contributed by atoms with Crippen LogP contribution in [0.1, 0.15) is 19.3 Å². The molecule has 2 saturated carbocycles. The maximum absolute atomic E-state index is 11.0. The molecule has 0 bridgehead atoms. The zero-order valence-corrected chi connectivity index (χ0v) is 6.27. The lowest BCUT2D eigenvalue weighted by Gasteiger charge is -2.43. The first-order valence-corrected chi connectivity index (χ1v) is 4.00. The van der Waals surface area contributed by atoms with E-state index in [1.807, 2.05) is 0 Å². The van der Waals surface area contributed by atoms with Crippen LogP contribution < -0.4 is 0 Å². The van der Waals surface area contributed by atoms with E-state index in [0.29, 0.717) is 6.42 Å². The number of carbonyl (C=O) groups excluding carboxylic acids is 1. The van der Waals surface area contributed by atoms with Gasteiger partial charge < -0.3 is 5.11 Å². The second-order valence-corrected chi connectivity index (χ2v) is 3.64. The van der Waals surface area contributed by atoms with E-state index in [1.165, 1.54) is 0 Å². The highest BCUT2D eigenvalue weighted by molar-refractivity contribution is 6.35. The quantitative estimate of drug-likeness (QED) is 0.530. The number of hydrogen-bond donors (Lipinski definition) is 1. The maximum Gasteiger partial charge on any atom is 0.159 e. The van der Waals surface area contributed by atoms with Crippen LogP contribution in [0.15, 0.2) is 0 Å². The third-order valence-electron chi connectivity index (χ3n) is 2.71. The summed E-state index contributed by atoms with van der Waals surface area (Å²) in [5.41, 5.74) is -0.821. The fraction of sp³-hybridized carbons (Fsp3) is 0.857. The molecular formula is C7H9ClO2. The van der Waals surface area contributed by atoms with Crippen LogP contribution in [0.2, 0.25) is 0 Å². The second-order valence-electron chi connectivity index (χ2n) is 3.20. The lowest BCUT2D eigenvalue weighted by atomic mass is 9.70. The number of hydrogen-bond acceptors (Lipinski definition) is 2. The third-order valence-corrected chi connectivity index (χ3v) is 3.30. The summed E-state index contributed by atoms with van der Waals surface area (Å²) < 4.78 is 0. The number of rotatable bonds is 0. The Balaban J connectivity index is 2.26.